The van der Waals surface area contributed by atoms with Crippen molar-refractivity contribution in [2.75, 3.05) is 59.5 Å². The van der Waals surface area contributed by atoms with Crippen LogP contribution in [0, 0.1) is 0 Å². The summed E-state index contributed by atoms with van der Waals surface area (Å²) >= 11 is 0. The summed E-state index contributed by atoms with van der Waals surface area (Å²) in [7, 11) is 0. The van der Waals surface area contributed by atoms with Crippen LogP contribution < -0.4 is 16.0 Å². The third kappa shape index (κ3) is 15.6. The number of aliphatic hydroxyl groups excluding tert-OH is 1. The average Bonchev–Trinajstić information content (AvgIpc) is 3.87. The Kier molecular flexibility index (Phi) is 19.8. The molecule has 24 nitrogen and oxygen atoms in total. The second-order valence-electron chi connectivity index (χ2n) is 14.2. The molecule has 0 radical (unpaired) electrons. The van der Waals surface area contributed by atoms with Crippen LogP contribution in [-0.4, -0.2) is 160 Å². The number of nitrogens with one attached hydrogen (secondary N) is 3. The van der Waals surface area contributed by atoms with Gasteiger partial charge in [-0.2, -0.15) is 0 Å². The summed E-state index contributed by atoms with van der Waals surface area (Å²) in [6, 6.07) is -0.453. The zero-order chi connectivity index (χ0) is 44.9. The molecule has 4 rings (SSSR count). The van der Waals surface area contributed by atoms with Crippen molar-refractivity contribution in [3.8, 4) is 0 Å². The highest BCUT2D eigenvalue weighted by atomic mass is 16.6. The fourth-order valence-electron chi connectivity index (χ4n) is 6.16. The van der Waals surface area contributed by atoms with Crippen LogP contribution in [0.5, 0.6) is 0 Å². The van der Waals surface area contributed by atoms with E-state index in [1.165, 1.54) is 14.9 Å². The number of nitrogens with zero attached hydrogens (tertiary/aromatic N) is 7. The number of aliphatic hydroxyl groups is 1. The standard InChI is InChI=1S/C38H53N10O14/c49-28-13-14-29(50)44(28)25-60-34(55)39-19-7-1-4-10-22-43-37(58)47(23-11-5-2-8-20-40-35(56)61-26-45-30(51)15-16-31(45)52)42-48(38(43)59)24-12-6-3-9-21-41-36(57)62-27-46-32(53)17-18-33(46)54/h13-18,37,58H,1-12,19-27H2,(H,39,55)(H,40,56)(H,41,57)/q-1. The molecule has 24 heteroatoms. The molecule has 0 aliphatic carbocycles. The Morgan fingerprint density at radius 1 is 0.484 bits per heavy atom. The van der Waals surface area contributed by atoms with E-state index in [1.54, 1.807) is 0 Å². The normalized spacial score (nSPS) is 17.6. The Bertz CT molecular complexity index is 1700. The summed E-state index contributed by atoms with van der Waals surface area (Å²) in [5.41, 5.74) is 4.44. The van der Waals surface area contributed by atoms with E-state index in [9.17, 15) is 53.1 Å². The Labute approximate surface area is 357 Å². The molecule has 4 aliphatic rings. The van der Waals surface area contributed by atoms with Gasteiger partial charge in [-0.05, 0) is 45.1 Å². The molecule has 4 N–H and O–H groups in total. The van der Waals surface area contributed by atoms with Crippen LogP contribution in [0.25, 0.3) is 5.53 Å². The molecule has 340 valence electrons. The minimum absolute atomic E-state index is 0.237. The van der Waals surface area contributed by atoms with Crippen molar-refractivity contribution in [2.24, 2.45) is 0 Å². The molecule has 4 aliphatic heterocycles. The highest BCUT2D eigenvalue weighted by molar-refractivity contribution is 6.14. The first kappa shape index (κ1) is 48.3. The summed E-state index contributed by atoms with van der Waals surface area (Å²) in [6.45, 7) is 0.265. The van der Waals surface area contributed by atoms with Gasteiger partial charge in [0.1, 0.15) is 0 Å². The topological polar surface area (TPSA) is 288 Å². The van der Waals surface area contributed by atoms with Crippen molar-refractivity contribution in [3.05, 3.63) is 42.0 Å². The Morgan fingerprint density at radius 3 is 1.18 bits per heavy atom. The number of imide groups is 3. The van der Waals surface area contributed by atoms with Crippen molar-refractivity contribution in [3.63, 3.8) is 0 Å². The van der Waals surface area contributed by atoms with Gasteiger partial charge in [-0.1, -0.05) is 38.5 Å². The van der Waals surface area contributed by atoms with Crippen LogP contribution in [0.15, 0.2) is 36.5 Å². The van der Waals surface area contributed by atoms with Gasteiger partial charge in [0.2, 0.25) is 0 Å². The highest BCUT2D eigenvalue weighted by Gasteiger charge is 2.30. The molecule has 0 saturated carbocycles. The molecule has 1 atom stereocenters. The average molecular weight is 874 g/mol. The monoisotopic (exact) mass is 873 g/mol. The van der Waals surface area contributed by atoms with Gasteiger partial charge in [0.05, 0.1) is 0 Å². The number of alkyl carbamates (subject to hydrolysis) is 3. The minimum atomic E-state index is -1.30. The van der Waals surface area contributed by atoms with Gasteiger partial charge in [0.25, 0.3) is 35.4 Å². The van der Waals surface area contributed by atoms with Crippen molar-refractivity contribution in [2.45, 2.75) is 83.4 Å². The van der Waals surface area contributed by atoms with Gasteiger partial charge in [-0.25, -0.2) is 33.9 Å². The van der Waals surface area contributed by atoms with Crippen LogP contribution in [0.4, 0.5) is 19.2 Å². The highest BCUT2D eigenvalue weighted by Crippen LogP contribution is 2.24. The van der Waals surface area contributed by atoms with E-state index in [0.717, 1.165) is 51.2 Å². The van der Waals surface area contributed by atoms with Crippen molar-refractivity contribution in [1.29, 1.82) is 0 Å². The molecule has 1 unspecified atom stereocenters. The zero-order valence-electron chi connectivity index (χ0n) is 34.3. The molecular weight excluding hydrogens is 820 g/mol. The predicted octanol–water partition coefficient (Wildman–Crippen LogP) is 1.01. The first-order chi connectivity index (χ1) is 29.8. The maximum absolute atomic E-state index is 13.5. The van der Waals surface area contributed by atoms with Crippen LogP contribution in [-0.2, 0) is 43.0 Å². The number of hydrogen-bond donors (Lipinski definition) is 4. The van der Waals surface area contributed by atoms with Gasteiger partial charge in [0, 0.05) is 69.2 Å². The van der Waals surface area contributed by atoms with Gasteiger partial charge >= 0.3 is 24.3 Å². The number of amides is 11. The number of carbonyl (C=O) groups is 10. The van der Waals surface area contributed by atoms with E-state index in [2.05, 4.69) is 21.5 Å². The second kappa shape index (κ2) is 25.4. The Morgan fingerprint density at radius 2 is 0.806 bits per heavy atom. The first-order valence-corrected chi connectivity index (χ1v) is 20.4. The SMILES string of the molecule is O=C(NCCCCCCN1[N-]N(CCCCCCNC(=O)OCN2C(=O)C=CC2=O)C(O)N(CCCCCCNC(=O)OCN2C(=O)C=CC2=O)C1=O)OCN1C(=O)C=CC1=O. The van der Waals surface area contributed by atoms with Gasteiger partial charge < -0.3 is 50.8 Å². The lowest BCUT2D eigenvalue weighted by Crippen LogP contribution is -2.60. The van der Waals surface area contributed by atoms with E-state index in [4.69, 9.17) is 14.2 Å². The number of urea groups is 1. The van der Waals surface area contributed by atoms with Crippen LogP contribution >= 0.6 is 0 Å². The van der Waals surface area contributed by atoms with Crippen LogP contribution in [0.2, 0.25) is 0 Å². The molecule has 1 fully saturated rings. The molecule has 0 aromatic carbocycles. The fraction of sp³-hybridized carbons (Fsp3) is 0.579. The van der Waals surface area contributed by atoms with Crippen LogP contribution in [0.1, 0.15) is 77.0 Å². The summed E-state index contributed by atoms with van der Waals surface area (Å²) in [4.78, 5) is 122. The van der Waals surface area contributed by atoms with E-state index >= 15 is 0 Å². The van der Waals surface area contributed by atoms with Gasteiger partial charge in [-0.15, -0.1) is 0 Å². The summed E-state index contributed by atoms with van der Waals surface area (Å²) < 4.78 is 14.8. The van der Waals surface area contributed by atoms with E-state index in [1.807, 2.05) is 0 Å². The Balaban J connectivity index is 1.13. The number of hydrogen-bond acceptors (Lipinski definition) is 15. The molecule has 0 aromatic rings. The number of unbranched alkanes of at least 4 members (excludes halogenated alkanes) is 9. The maximum atomic E-state index is 13.5. The summed E-state index contributed by atoms with van der Waals surface area (Å²) in [6.07, 6.45) is 10.7. The smallest absolute Gasteiger partial charge is 0.408 e. The number of rotatable bonds is 27. The summed E-state index contributed by atoms with van der Waals surface area (Å²) in [5, 5.41) is 21.7. The third-order valence-corrected chi connectivity index (χ3v) is 9.66. The lowest BCUT2D eigenvalue weighted by atomic mass is 10.2. The molecule has 0 spiro atoms. The first-order valence-electron chi connectivity index (χ1n) is 20.4. The second-order valence-corrected chi connectivity index (χ2v) is 14.2. The predicted molar refractivity (Wildman–Crippen MR) is 211 cm³/mol. The van der Waals surface area contributed by atoms with E-state index in [-0.39, 0.29) is 19.6 Å². The number of carbonyl (C=O) groups excluding carboxylic acids is 10. The van der Waals surface area contributed by atoms with E-state index in [0.29, 0.717) is 96.7 Å². The number of ether oxygens (including phenoxy) is 3. The lowest BCUT2D eigenvalue weighted by Gasteiger charge is -2.57. The van der Waals surface area contributed by atoms with Gasteiger partial charge in [0.15, 0.2) is 26.5 Å². The van der Waals surface area contributed by atoms with Gasteiger partial charge in [-0.3, -0.25) is 33.7 Å². The minimum Gasteiger partial charge on any atom is -0.493 e. The molecular formula is C38H53N10O14-. The largest absolute Gasteiger partial charge is 0.493 e. The van der Waals surface area contributed by atoms with Crippen LogP contribution in [0.3, 0.4) is 0 Å². The van der Waals surface area contributed by atoms with Crippen molar-refractivity contribution < 1.29 is 67.3 Å². The molecule has 11 amide bonds. The maximum Gasteiger partial charge on any atom is 0.408 e. The molecule has 62 heavy (non-hydrogen) atoms. The quantitative estimate of drug-likeness (QED) is 0.0509. The molecule has 0 bridgehead atoms. The zero-order valence-corrected chi connectivity index (χ0v) is 34.3. The van der Waals surface area contributed by atoms with Crippen molar-refractivity contribution in [1.82, 2.24) is 45.6 Å². The molecule has 1 saturated heterocycles. The molecule has 0 aromatic heterocycles. The summed E-state index contributed by atoms with van der Waals surface area (Å²) in [5.74, 6) is -3.36. The Hall–Kier alpha value is -6.40. The fourth-order valence-corrected chi connectivity index (χ4v) is 6.16. The lowest BCUT2D eigenvalue weighted by molar-refractivity contribution is -0.142. The van der Waals surface area contributed by atoms with Crippen molar-refractivity contribution >= 4 is 59.8 Å². The molecule has 4 heterocycles. The third-order valence-electron chi connectivity index (χ3n) is 9.66. The van der Waals surface area contributed by atoms with E-state index < -0.39 is 86.3 Å².